The second-order valence-corrected chi connectivity index (χ2v) is 6.79. The number of para-hydroxylation sites is 1. The van der Waals surface area contributed by atoms with Crippen molar-refractivity contribution < 1.29 is 19.1 Å². The number of hydrogen-bond acceptors (Lipinski definition) is 4. The van der Waals surface area contributed by atoms with Gasteiger partial charge in [0.2, 0.25) is 0 Å². The lowest BCUT2D eigenvalue weighted by molar-refractivity contribution is -0.122. The zero-order chi connectivity index (χ0) is 17.3. The predicted octanol–water partition coefficient (Wildman–Crippen LogP) is 2.29. The topological polar surface area (TPSA) is 67.9 Å². The first-order valence-corrected chi connectivity index (χ1v) is 8.46. The predicted molar refractivity (Wildman–Crippen MR) is 90.3 cm³/mol. The third kappa shape index (κ3) is 3.24. The number of anilines is 1. The SMILES string of the molecule is CC(C)CC1COCCN1C(=O)c1cccc2c1OC(C)C(=O)N2. The summed E-state index contributed by atoms with van der Waals surface area (Å²) in [5.41, 5.74) is 1.05. The first-order valence-electron chi connectivity index (χ1n) is 8.46. The maximum absolute atomic E-state index is 13.1. The fourth-order valence-electron chi connectivity index (χ4n) is 3.21. The Morgan fingerprint density at radius 2 is 2.21 bits per heavy atom. The van der Waals surface area contributed by atoms with Gasteiger partial charge < -0.3 is 19.7 Å². The lowest BCUT2D eigenvalue weighted by Gasteiger charge is -2.37. The van der Waals surface area contributed by atoms with Crippen molar-refractivity contribution in [1.29, 1.82) is 0 Å². The number of amides is 2. The minimum atomic E-state index is -0.609. The number of nitrogens with one attached hydrogen (secondary N) is 1. The Balaban J connectivity index is 1.89. The molecule has 0 bridgehead atoms. The van der Waals surface area contributed by atoms with Crippen molar-refractivity contribution in [3.05, 3.63) is 23.8 Å². The highest BCUT2D eigenvalue weighted by Gasteiger charge is 2.33. The van der Waals surface area contributed by atoms with Crippen LogP contribution in [0.15, 0.2) is 18.2 Å². The van der Waals surface area contributed by atoms with Crippen molar-refractivity contribution in [2.24, 2.45) is 5.92 Å². The van der Waals surface area contributed by atoms with E-state index in [4.69, 9.17) is 9.47 Å². The third-order valence-corrected chi connectivity index (χ3v) is 4.40. The van der Waals surface area contributed by atoms with E-state index in [2.05, 4.69) is 19.2 Å². The van der Waals surface area contributed by atoms with Crippen LogP contribution in [-0.2, 0) is 9.53 Å². The van der Waals surface area contributed by atoms with Crippen molar-refractivity contribution in [3.8, 4) is 5.75 Å². The summed E-state index contributed by atoms with van der Waals surface area (Å²) in [5, 5.41) is 2.79. The summed E-state index contributed by atoms with van der Waals surface area (Å²) in [6.07, 6.45) is 0.289. The lowest BCUT2D eigenvalue weighted by atomic mass is 10.0. The van der Waals surface area contributed by atoms with Crippen LogP contribution in [0, 0.1) is 5.92 Å². The molecule has 6 nitrogen and oxygen atoms in total. The monoisotopic (exact) mass is 332 g/mol. The number of nitrogens with zero attached hydrogens (tertiary/aromatic N) is 1. The van der Waals surface area contributed by atoms with Crippen molar-refractivity contribution in [2.75, 3.05) is 25.1 Å². The Bertz CT molecular complexity index is 644. The van der Waals surface area contributed by atoms with Gasteiger partial charge in [-0.05, 0) is 31.4 Å². The van der Waals surface area contributed by atoms with Gasteiger partial charge in [0.15, 0.2) is 11.9 Å². The van der Waals surface area contributed by atoms with E-state index in [0.717, 1.165) is 6.42 Å². The van der Waals surface area contributed by atoms with Crippen LogP contribution in [0.1, 0.15) is 37.6 Å². The summed E-state index contributed by atoms with van der Waals surface area (Å²) in [4.78, 5) is 26.8. The molecule has 2 atom stereocenters. The van der Waals surface area contributed by atoms with Gasteiger partial charge in [-0.2, -0.15) is 0 Å². The van der Waals surface area contributed by atoms with E-state index in [0.29, 0.717) is 42.7 Å². The van der Waals surface area contributed by atoms with Gasteiger partial charge in [-0.25, -0.2) is 0 Å². The molecule has 24 heavy (non-hydrogen) atoms. The molecule has 2 heterocycles. The number of carbonyl (C=O) groups is 2. The van der Waals surface area contributed by atoms with Crippen LogP contribution in [0.25, 0.3) is 0 Å². The fourth-order valence-corrected chi connectivity index (χ4v) is 3.21. The Morgan fingerprint density at radius 3 is 2.96 bits per heavy atom. The molecule has 2 aliphatic rings. The van der Waals surface area contributed by atoms with Crippen LogP contribution in [0.2, 0.25) is 0 Å². The smallest absolute Gasteiger partial charge is 0.265 e. The highest BCUT2D eigenvalue weighted by molar-refractivity contribution is 6.04. The van der Waals surface area contributed by atoms with Crippen molar-refractivity contribution in [3.63, 3.8) is 0 Å². The highest BCUT2D eigenvalue weighted by Crippen LogP contribution is 2.34. The summed E-state index contributed by atoms with van der Waals surface area (Å²) in [6.45, 7) is 7.64. The largest absolute Gasteiger partial charge is 0.478 e. The molecule has 0 aromatic heterocycles. The second-order valence-electron chi connectivity index (χ2n) is 6.79. The van der Waals surface area contributed by atoms with E-state index in [1.54, 1.807) is 25.1 Å². The molecule has 3 rings (SSSR count). The molecule has 2 unspecified atom stereocenters. The molecular weight excluding hydrogens is 308 g/mol. The number of rotatable bonds is 3. The van der Waals surface area contributed by atoms with Gasteiger partial charge in [0, 0.05) is 6.54 Å². The molecule has 1 aromatic carbocycles. The number of carbonyl (C=O) groups excluding carboxylic acids is 2. The normalized spacial score (nSPS) is 23.5. The van der Waals surface area contributed by atoms with Crippen LogP contribution in [-0.4, -0.2) is 48.6 Å². The van der Waals surface area contributed by atoms with Crippen LogP contribution < -0.4 is 10.1 Å². The summed E-state index contributed by atoms with van der Waals surface area (Å²) in [7, 11) is 0. The average Bonchev–Trinajstić information content (AvgIpc) is 2.55. The summed E-state index contributed by atoms with van der Waals surface area (Å²) in [5.74, 6) is 0.678. The molecule has 0 saturated carbocycles. The number of ether oxygens (including phenoxy) is 2. The molecule has 0 spiro atoms. The van der Waals surface area contributed by atoms with E-state index in [1.807, 2.05) is 4.90 Å². The minimum absolute atomic E-state index is 0.0656. The van der Waals surface area contributed by atoms with E-state index >= 15 is 0 Å². The van der Waals surface area contributed by atoms with E-state index in [9.17, 15) is 9.59 Å². The van der Waals surface area contributed by atoms with E-state index in [-0.39, 0.29) is 17.9 Å². The maximum Gasteiger partial charge on any atom is 0.265 e. The molecule has 1 fully saturated rings. The molecule has 0 radical (unpaired) electrons. The highest BCUT2D eigenvalue weighted by atomic mass is 16.5. The van der Waals surface area contributed by atoms with Crippen LogP contribution in [0.4, 0.5) is 5.69 Å². The molecule has 1 aromatic rings. The summed E-state index contributed by atoms with van der Waals surface area (Å²) >= 11 is 0. The Morgan fingerprint density at radius 1 is 1.42 bits per heavy atom. The van der Waals surface area contributed by atoms with Crippen molar-refractivity contribution >= 4 is 17.5 Å². The Kier molecular flexibility index (Phi) is 4.76. The molecular formula is C18H24N2O4. The number of benzene rings is 1. The van der Waals surface area contributed by atoms with E-state index in [1.165, 1.54) is 0 Å². The van der Waals surface area contributed by atoms with Gasteiger partial charge in [0.25, 0.3) is 11.8 Å². The Labute approximate surface area is 142 Å². The summed E-state index contributed by atoms with van der Waals surface area (Å²) in [6, 6.07) is 5.34. The van der Waals surface area contributed by atoms with Gasteiger partial charge in [-0.3, -0.25) is 9.59 Å². The third-order valence-electron chi connectivity index (χ3n) is 4.40. The first kappa shape index (κ1) is 16.8. The van der Waals surface area contributed by atoms with E-state index < -0.39 is 6.10 Å². The number of fused-ring (bicyclic) bond motifs is 1. The molecule has 1 N–H and O–H groups in total. The summed E-state index contributed by atoms with van der Waals surface area (Å²) < 4.78 is 11.3. The molecule has 6 heteroatoms. The quantitative estimate of drug-likeness (QED) is 0.922. The number of hydrogen-bond donors (Lipinski definition) is 1. The van der Waals surface area contributed by atoms with Crippen LogP contribution >= 0.6 is 0 Å². The molecule has 130 valence electrons. The molecule has 1 saturated heterocycles. The van der Waals surface area contributed by atoms with Gasteiger partial charge in [0.05, 0.1) is 30.5 Å². The van der Waals surface area contributed by atoms with Gasteiger partial charge >= 0.3 is 0 Å². The Hall–Kier alpha value is -2.08. The van der Waals surface area contributed by atoms with Crippen molar-refractivity contribution in [2.45, 2.75) is 39.3 Å². The second kappa shape index (κ2) is 6.81. The number of morpholine rings is 1. The van der Waals surface area contributed by atoms with Crippen molar-refractivity contribution in [1.82, 2.24) is 4.90 Å². The molecule has 2 amide bonds. The lowest BCUT2D eigenvalue weighted by Crippen LogP contribution is -2.49. The van der Waals surface area contributed by atoms with Gasteiger partial charge in [-0.15, -0.1) is 0 Å². The zero-order valence-electron chi connectivity index (χ0n) is 14.4. The van der Waals surface area contributed by atoms with Crippen LogP contribution in [0.3, 0.4) is 0 Å². The van der Waals surface area contributed by atoms with Gasteiger partial charge in [-0.1, -0.05) is 19.9 Å². The minimum Gasteiger partial charge on any atom is -0.478 e. The fraction of sp³-hybridized carbons (Fsp3) is 0.556. The van der Waals surface area contributed by atoms with Gasteiger partial charge in [0.1, 0.15) is 0 Å². The maximum atomic E-state index is 13.1. The zero-order valence-corrected chi connectivity index (χ0v) is 14.4. The van der Waals surface area contributed by atoms with Crippen LogP contribution in [0.5, 0.6) is 5.75 Å². The average molecular weight is 332 g/mol. The molecule has 2 aliphatic heterocycles. The standard InChI is InChI=1S/C18H24N2O4/c1-11(2)9-13-10-23-8-7-20(13)18(22)14-5-4-6-15-16(14)24-12(3)17(21)19-15/h4-6,11-13H,7-10H2,1-3H3,(H,19,21). The first-order chi connectivity index (χ1) is 11.5. The molecule has 0 aliphatic carbocycles.